The number of likely N-dealkylation sites (tertiary alicyclic amines) is 1. The summed E-state index contributed by atoms with van der Waals surface area (Å²) in [5.74, 6) is 0.0415. The number of carbonyl (C=O) groups is 1. The van der Waals surface area contributed by atoms with Crippen molar-refractivity contribution >= 4 is 5.91 Å². The zero-order chi connectivity index (χ0) is 17.1. The summed E-state index contributed by atoms with van der Waals surface area (Å²) in [6.45, 7) is 7.76. The van der Waals surface area contributed by atoms with E-state index in [0.29, 0.717) is 5.69 Å². The van der Waals surface area contributed by atoms with Crippen LogP contribution in [-0.4, -0.2) is 43.4 Å². The molecule has 1 saturated heterocycles. The number of aromatic amines is 1. The highest BCUT2D eigenvalue weighted by atomic mass is 16.2. The maximum atomic E-state index is 12.9. The average Bonchev–Trinajstić information content (AvgIpc) is 3.14. The quantitative estimate of drug-likeness (QED) is 0.917. The number of hydrogen-bond acceptors (Lipinski definition) is 3. The molecule has 0 radical (unpaired) electrons. The molecule has 3 rings (SSSR count). The fourth-order valence-electron chi connectivity index (χ4n) is 3.53. The fraction of sp³-hybridized carbons (Fsp3) is 0.611. The first kappa shape index (κ1) is 16.7. The van der Waals surface area contributed by atoms with Gasteiger partial charge in [-0.1, -0.05) is 13.3 Å². The van der Waals surface area contributed by atoms with E-state index in [9.17, 15) is 4.79 Å². The van der Waals surface area contributed by atoms with Crippen molar-refractivity contribution in [1.29, 1.82) is 0 Å². The second-order valence-corrected chi connectivity index (χ2v) is 6.79. The highest BCUT2D eigenvalue weighted by Crippen LogP contribution is 2.21. The molecule has 0 spiro atoms. The molecule has 130 valence electrons. The van der Waals surface area contributed by atoms with Crippen LogP contribution in [0.4, 0.5) is 0 Å². The molecular formula is C18H27N5O. The number of hydrogen-bond donors (Lipinski definition) is 1. The van der Waals surface area contributed by atoms with E-state index in [1.165, 1.54) is 0 Å². The van der Waals surface area contributed by atoms with Crippen molar-refractivity contribution in [1.82, 2.24) is 24.9 Å². The van der Waals surface area contributed by atoms with Gasteiger partial charge in [-0.2, -0.15) is 10.2 Å². The van der Waals surface area contributed by atoms with Gasteiger partial charge in [-0.15, -0.1) is 0 Å². The maximum absolute atomic E-state index is 12.9. The smallest absolute Gasteiger partial charge is 0.274 e. The summed E-state index contributed by atoms with van der Waals surface area (Å²) in [5.41, 5.74) is 3.75. The SMILES string of the molecule is CCCc1cc(C(=O)N2CCCC[C@H]2Cn2nc(C)cc2C)n[nH]1. The second-order valence-electron chi connectivity index (χ2n) is 6.79. The van der Waals surface area contributed by atoms with E-state index >= 15 is 0 Å². The summed E-state index contributed by atoms with van der Waals surface area (Å²) in [7, 11) is 0. The first-order chi connectivity index (χ1) is 11.6. The predicted molar refractivity (Wildman–Crippen MR) is 93.0 cm³/mol. The monoisotopic (exact) mass is 329 g/mol. The minimum absolute atomic E-state index is 0.0415. The molecule has 0 saturated carbocycles. The van der Waals surface area contributed by atoms with Gasteiger partial charge in [0.05, 0.1) is 18.3 Å². The lowest BCUT2D eigenvalue weighted by Gasteiger charge is -2.35. The first-order valence-corrected chi connectivity index (χ1v) is 8.94. The van der Waals surface area contributed by atoms with Gasteiger partial charge in [-0.25, -0.2) is 0 Å². The van der Waals surface area contributed by atoms with Gasteiger partial charge < -0.3 is 4.90 Å². The maximum Gasteiger partial charge on any atom is 0.274 e. The highest BCUT2D eigenvalue weighted by molar-refractivity contribution is 5.92. The van der Waals surface area contributed by atoms with Crippen LogP contribution in [0.2, 0.25) is 0 Å². The van der Waals surface area contributed by atoms with Crippen LogP contribution >= 0.6 is 0 Å². The second kappa shape index (κ2) is 7.20. The highest BCUT2D eigenvalue weighted by Gasteiger charge is 2.29. The lowest BCUT2D eigenvalue weighted by Crippen LogP contribution is -2.46. The van der Waals surface area contributed by atoms with Gasteiger partial charge in [0.1, 0.15) is 5.69 Å². The minimum Gasteiger partial charge on any atom is -0.332 e. The standard InChI is InChI=1S/C18H27N5O/c1-4-7-15-11-17(20-19-15)18(24)22-9-6-5-8-16(22)12-23-14(3)10-13(2)21-23/h10-11,16H,4-9,12H2,1-3H3,(H,19,20)/t16-/m0/s1. The van der Waals surface area contributed by atoms with Crippen molar-refractivity contribution in [3.05, 3.63) is 34.9 Å². The predicted octanol–water partition coefficient (Wildman–Crippen LogP) is 2.87. The van der Waals surface area contributed by atoms with Crippen molar-refractivity contribution in [2.24, 2.45) is 0 Å². The van der Waals surface area contributed by atoms with Crippen LogP contribution in [0.25, 0.3) is 0 Å². The third-order valence-corrected chi connectivity index (χ3v) is 4.74. The van der Waals surface area contributed by atoms with Crippen molar-refractivity contribution in [3.63, 3.8) is 0 Å². The van der Waals surface area contributed by atoms with Gasteiger partial charge in [-0.3, -0.25) is 14.6 Å². The Morgan fingerprint density at radius 2 is 2.17 bits per heavy atom. The van der Waals surface area contributed by atoms with Gasteiger partial charge in [0.2, 0.25) is 0 Å². The van der Waals surface area contributed by atoms with Crippen LogP contribution in [0.15, 0.2) is 12.1 Å². The van der Waals surface area contributed by atoms with Gasteiger partial charge in [0, 0.05) is 17.9 Å². The fourth-order valence-corrected chi connectivity index (χ4v) is 3.53. The van der Waals surface area contributed by atoms with Gasteiger partial charge in [-0.05, 0) is 51.7 Å². The van der Waals surface area contributed by atoms with Crippen molar-refractivity contribution in [3.8, 4) is 0 Å². The van der Waals surface area contributed by atoms with Crippen LogP contribution in [0.3, 0.4) is 0 Å². The summed E-state index contributed by atoms with van der Waals surface area (Å²) < 4.78 is 2.03. The zero-order valence-corrected chi connectivity index (χ0v) is 14.9. The summed E-state index contributed by atoms with van der Waals surface area (Å²) >= 11 is 0. The van der Waals surface area contributed by atoms with E-state index in [1.54, 1.807) is 0 Å². The van der Waals surface area contributed by atoms with Crippen molar-refractivity contribution < 1.29 is 4.79 Å². The van der Waals surface area contributed by atoms with Gasteiger partial charge >= 0.3 is 0 Å². The van der Waals surface area contributed by atoms with E-state index in [-0.39, 0.29) is 11.9 Å². The number of amides is 1. The molecule has 3 heterocycles. The molecule has 24 heavy (non-hydrogen) atoms. The number of H-pyrrole nitrogens is 1. The molecule has 1 aliphatic heterocycles. The average molecular weight is 329 g/mol. The number of aromatic nitrogens is 4. The number of rotatable bonds is 5. The lowest BCUT2D eigenvalue weighted by atomic mass is 10.0. The Balaban J connectivity index is 1.75. The molecule has 1 fully saturated rings. The van der Waals surface area contributed by atoms with Crippen LogP contribution in [-0.2, 0) is 13.0 Å². The van der Waals surface area contributed by atoms with Crippen LogP contribution in [0.1, 0.15) is 60.2 Å². The summed E-state index contributed by atoms with van der Waals surface area (Å²) in [4.78, 5) is 14.9. The third kappa shape index (κ3) is 3.52. The molecule has 1 atom stereocenters. The van der Waals surface area contributed by atoms with Crippen LogP contribution in [0, 0.1) is 13.8 Å². The van der Waals surface area contributed by atoms with Crippen LogP contribution < -0.4 is 0 Å². The molecule has 2 aromatic heterocycles. The molecule has 0 unspecified atom stereocenters. The third-order valence-electron chi connectivity index (χ3n) is 4.74. The molecule has 1 N–H and O–H groups in total. The minimum atomic E-state index is 0.0415. The molecule has 6 nitrogen and oxygen atoms in total. The Labute approximate surface area is 143 Å². The van der Waals surface area contributed by atoms with E-state index in [2.05, 4.69) is 35.2 Å². The Morgan fingerprint density at radius 3 is 2.88 bits per heavy atom. The Kier molecular flexibility index (Phi) is 5.02. The Bertz CT molecular complexity index is 702. The van der Waals surface area contributed by atoms with Gasteiger partial charge in [0.25, 0.3) is 5.91 Å². The molecular weight excluding hydrogens is 302 g/mol. The lowest BCUT2D eigenvalue weighted by molar-refractivity contribution is 0.0576. The molecule has 1 amide bonds. The number of aryl methyl sites for hydroxylation is 3. The summed E-state index contributed by atoms with van der Waals surface area (Å²) in [6.07, 6.45) is 5.22. The van der Waals surface area contributed by atoms with E-state index in [0.717, 1.165) is 62.3 Å². The first-order valence-electron chi connectivity index (χ1n) is 8.94. The molecule has 2 aromatic rings. The Hall–Kier alpha value is -2.11. The topological polar surface area (TPSA) is 66.8 Å². The van der Waals surface area contributed by atoms with E-state index < -0.39 is 0 Å². The summed E-state index contributed by atoms with van der Waals surface area (Å²) in [6, 6.07) is 4.18. The van der Waals surface area contributed by atoms with Gasteiger partial charge in [0.15, 0.2) is 0 Å². The largest absolute Gasteiger partial charge is 0.332 e. The number of carbonyl (C=O) groups excluding carboxylic acids is 1. The molecule has 0 aromatic carbocycles. The molecule has 0 bridgehead atoms. The molecule has 0 aliphatic carbocycles. The van der Waals surface area contributed by atoms with Crippen LogP contribution in [0.5, 0.6) is 0 Å². The van der Waals surface area contributed by atoms with E-state index in [4.69, 9.17) is 0 Å². The number of piperidine rings is 1. The summed E-state index contributed by atoms with van der Waals surface area (Å²) in [5, 5.41) is 11.8. The molecule has 1 aliphatic rings. The number of nitrogens with one attached hydrogen (secondary N) is 1. The zero-order valence-electron chi connectivity index (χ0n) is 14.9. The Morgan fingerprint density at radius 1 is 1.33 bits per heavy atom. The number of nitrogens with zero attached hydrogens (tertiary/aromatic N) is 4. The van der Waals surface area contributed by atoms with Crippen molar-refractivity contribution in [2.75, 3.05) is 6.54 Å². The van der Waals surface area contributed by atoms with Crippen molar-refractivity contribution in [2.45, 2.75) is 65.5 Å². The van der Waals surface area contributed by atoms with E-state index in [1.807, 2.05) is 22.6 Å². The normalized spacial score (nSPS) is 18.1. The molecule has 6 heteroatoms.